The number of nitrogens with zero attached hydrogens (tertiary/aromatic N) is 3. The second-order valence-corrected chi connectivity index (χ2v) is 4.60. The minimum Gasteiger partial charge on any atom is -0.379 e. The zero-order valence-electron chi connectivity index (χ0n) is 10.8. The molecule has 0 amide bonds. The molecule has 0 bridgehead atoms. The summed E-state index contributed by atoms with van der Waals surface area (Å²) in [4.78, 5) is 8.63. The van der Waals surface area contributed by atoms with Crippen LogP contribution in [-0.4, -0.2) is 68.2 Å². The number of hydrogen-bond acceptors (Lipinski definition) is 3. The highest BCUT2D eigenvalue weighted by molar-refractivity contribution is 5.77. The van der Waals surface area contributed by atoms with Gasteiger partial charge in [0.1, 0.15) is 0 Å². The van der Waals surface area contributed by atoms with Crippen molar-refractivity contribution in [3.63, 3.8) is 0 Å². The Bertz CT molecular complexity index is 242. The van der Waals surface area contributed by atoms with Crippen molar-refractivity contribution in [2.45, 2.75) is 25.9 Å². The van der Waals surface area contributed by atoms with Gasteiger partial charge in [-0.25, -0.2) is 0 Å². The van der Waals surface area contributed by atoms with Crippen LogP contribution in [0.15, 0.2) is 4.99 Å². The summed E-state index contributed by atoms with van der Waals surface area (Å²) in [6.07, 6.45) is 0. The first-order valence-corrected chi connectivity index (χ1v) is 5.83. The molecular formula is C11H24N4O. The molecule has 2 atom stereocenters. The minimum absolute atomic E-state index is 0.414. The van der Waals surface area contributed by atoms with Crippen molar-refractivity contribution < 1.29 is 4.74 Å². The van der Waals surface area contributed by atoms with Gasteiger partial charge in [-0.3, -0.25) is 9.89 Å². The molecule has 2 N–H and O–H groups in total. The smallest absolute Gasteiger partial charge is 0.190 e. The summed E-state index contributed by atoms with van der Waals surface area (Å²) < 4.78 is 5.42. The van der Waals surface area contributed by atoms with Crippen LogP contribution in [0.5, 0.6) is 0 Å². The molecule has 94 valence electrons. The number of aliphatic imine (C=N–C) groups is 1. The number of guanidine groups is 1. The normalized spacial score (nSPS) is 25.5. The first-order valence-electron chi connectivity index (χ1n) is 5.83. The molecular weight excluding hydrogens is 204 g/mol. The molecule has 0 aliphatic carbocycles. The van der Waals surface area contributed by atoms with Crippen LogP contribution < -0.4 is 5.73 Å². The highest BCUT2D eigenvalue weighted by Crippen LogP contribution is 2.10. The van der Waals surface area contributed by atoms with Gasteiger partial charge in [0, 0.05) is 32.7 Å². The van der Waals surface area contributed by atoms with Gasteiger partial charge < -0.3 is 15.4 Å². The van der Waals surface area contributed by atoms with Crippen molar-refractivity contribution >= 4 is 5.96 Å². The van der Waals surface area contributed by atoms with Crippen molar-refractivity contribution in [1.82, 2.24) is 9.80 Å². The number of nitrogens with two attached hydrogens (primary N) is 1. The molecule has 0 unspecified atom stereocenters. The number of morpholine rings is 1. The third kappa shape index (κ3) is 3.64. The average Bonchev–Trinajstić information content (AvgIpc) is 2.25. The number of hydrogen-bond donors (Lipinski definition) is 1. The van der Waals surface area contributed by atoms with Crippen LogP contribution in [0.1, 0.15) is 13.8 Å². The van der Waals surface area contributed by atoms with Crippen LogP contribution in [0.2, 0.25) is 0 Å². The van der Waals surface area contributed by atoms with Gasteiger partial charge in [0.25, 0.3) is 0 Å². The molecule has 1 heterocycles. The SMILES string of the molecule is C[C@@H]1COCCN1[C@@H](C)CN=C(N)N(C)C. The van der Waals surface area contributed by atoms with E-state index in [4.69, 9.17) is 10.5 Å². The van der Waals surface area contributed by atoms with Gasteiger partial charge in [-0.15, -0.1) is 0 Å². The van der Waals surface area contributed by atoms with E-state index in [9.17, 15) is 0 Å². The van der Waals surface area contributed by atoms with Gasteiger partial charge in [-0.2, -0.15) is 0 Å². The van der Waals surface area contributed by atoms with Gasteiger partial charge in [0.05, 0.1) is 19.8 Å². The van der Waals surface area contributed by atoms with Crippen molar-refractivity contribution in [3.05, 3.63) is 0 Å². The molecule has 1 saturated heterocycles. The minimum atomic E-state index is 0.414. The van der Waals surface area contributed by atoms with Crippen LogP contribution in [0.3, 0.4) is 0 Å². The van der Waals surface area contributed by atoms with Crippen LogP contribution in [0.4, 0.5) is 0 Å². The molecule has 5 heteroatoms. The maximum atomic E-state index is 5.76. The molecule has 0 spiro atoms. The fourth-order valence-corrected chi connectivity index (χ4v) is 1.87. The Balaban J connectivity index is 2.44. The third-order valence-electron chi connectivity index (χ3n) is 2.96. The van der Waals surface area contributed by atoms with E-state index in [2.05, 4.69) is 23.7 Å². The maximum absolute atomic E-state index is 5.76. The topological polar surface area (TPSA) is 54.1 Å². The molecule has 0 radical (unpaired) electrons. The molecule has 0 aromatic rings. The second-order valence-electron chi connectivity index (χ2n) is 4.60. The van der Waals surface area contributed by atoms with Crippen molar-refractivity contribution in [1.29, 1.82) is 0 Å². The molecule has 1 aliphatic heterocycles. The van der Waals surface area contributed by atoms with E-state index in [1.54, 1.807) is 0 Å². The lowest BCUT2D eigenvalue weighted by Gasteiger charge is -2.37. The van der Waals surface area contributed by atoms with Gasteiger partial charge >= 0.3 is 0 Å². The molecule has 0 aromatic heterocycles. The molecule has 1 rings (SSSR count). The highest BCUT2D eigenvalue weighted by Gasteiger charge is 2.23. The first kappa shape index (κ1) is 13.3. The van der Waals surface area contributed by atoms with Crippen LogP contribution in [0, 0.1) is 0 Å². The molecule has 1 fully saturated rings. The van der Waals surface area contributed by atoms with Gasteiger partial charge in [0.15, 0.2) is 5.96 Å². The standard InChI is InChI=1S/C11H24N4O/c1-9(7-13-11(12)14(3)4)15-5-6-16-8-10(15)2/h9-10H,5-8H2,1-4H3,(H2,12,13)/t9-,10+/m0/s1. The number of rotatable bonds is 3. The van der Waals surface area contributed by atoms with Crippen molar-refractivity contribution in [3.8, 4) is 0 Å². The molecule has 0 saturated carbocycles. The van der Waals surface area contributed by atoms with E-state index >= 15 is 0 Å². The predicted molar refractivity (Wildman–Crippen MR) is 66.6 cm³/mol. The lowest BCUT2D eigenvalue weighted by atomic mass is 10.2. The Morgan fingerprint density at radius 2 is 2.31 bits per heavy atom. The van der Waals surface area contributed by atoms with E-state index in [-0.39, 0.29) is 0 Å². The van der Waals surface area contributed by atoms with Gasteiger partial charge in [0.2, 0.25) is 0 Å². The predicted octanol–water partition coefficient (Wildman–Crippen LogP) is -0.0281. The van der Waals surface area contributed by atoms with Gasteiger partial charge in [-0.05, 0) is 13.8 Å². The Labute approximate surface area is 98.3 Å². The monoisotopic (exact) mass is 228 g/mol. The quantitative estimate of drug-likeness (QED) is 0.544. The molecule has 0 aromatic carbocycles. The second kappa shape index (κ2) is 6.06. The summed E-state index contributed by atoms with van der Waals surface area (Å²) in [5.41, 5.74) is 5.76. The van der Waals surface area contributed by atoms with E-state index in [0.717, 1.165) is 26.3 Å². The first-order chi connectivity index (χ1) is 7.52. The van der Waals surface area contributed by atoms with Crippen LogP contribution in [-0.2, 0) is 4.74 Å². The fourth-order valence-electron chi connectivity index (χ4n) is 1.87. The summed E-state index contributed by atoms with van der Waals surface area (Å²) in [5.74, 6) is 0.591. The average molecular weight is 228 g/mol. The summed E-state index contributed by atoms with van der Waals surface area (Å²) in [6.45, 7) is 7.75. The Hall–Kier alpha value is -0.810. The maximum Gasteiger partial charge on any atom is 0.190 e. The Morgan fingerprint density at radius 1 is 1.62 bits per heavy atom. The zero-order chi connectivity index (χ0) is 12.1. The van der Waals surface area contributed by atoms with Crippen molar-refractivity contribution in [2.75, 3.05) is 40.4 Å². The highest BCUT2D eigenvalue weighted by atomic mass is 16.5. The van der Waals surface area contributed by atoms with Crippen LogP contribution >= 0.6 is 0 Å². The van der Waals surface area contributed by atoms with E-state index in [0.29, 0.717) is 18.0 Å². The summed E-state index contributed by atoms with van der Waals surface area (Å²) >= 11 is 0. The third-order valence-corrected chi connectivity index (χ3v) is 2.96. The van der Waals surface area contributed by atoms with Crippen LogP contribution in [0.25, 0.3) is 0 Å². The Kier molecular flexibility index (Phi) is 5.02. The molecule has 1 aliphatic rings. The summed E-state index contributed by atoms with van der Waals surface area (Å²) in [7, 11) is 3.81. The molecule has 5 nitrogen and oxygen atoms in total. The number of ether oxygens (including phenoxy) is 1. The lowest BCUT2D eigenvalue weighted by Crippen LogP contribution is -2.49. The van der Waals surface area contributed by atoms with Crippen molar-refractivity contribution in [2.24, 2.45) is 10.7 Å². The summed E-state index contributed by atoms with van der Waals surface area (Å²) in [6, 6.07) is 0.886. The van der Waals surface area contributed by atoms with E-state index in [1.807, 2.05) is 19.0 Å². The summed E-state index contributed by atoms with van der Waals surface area (Å²) in [5, 5.41) is 0. The Morgan fingerprint density at radius 3 is 2.88 bits per heavy atom. The fraction of sp³-hybridized carbons (Fsp3) is 0.909. The largest absolute Gasteiger partial charge is 0.379 e. The van der Waals surface area contributed by atoms with E-state index in [1.165, 1.54) is 0 Å². The van der Waals surface area contributed by atoms with E-state index < -0.39 is 0 Å². The lowest BCUT2D eigenvalue weighted by molar-refractivity contribution is -0.0166. The molecule has 16 heavy (non-hydrogen) atoms. The van der Waals surface area contributed by atoms with Gasteiger partial charge in [-0.1, -0.05) is 0 Å². The zero-order valence-corrected chi connectivity index (χ0v) is 10.8.